The maximum atomic E-state index is 12.1. The van der Waals surface area contributed by atoms with Crippen molar-refractivity contribution in [3.8, 4) is 5.75 Å². The fraction of sp³-hybridized carbons (Fsp3) is 0.591. The van der Waals surface area contributed by atoms with E-state index in [1.54, 1.807) is 6.92 Å². The molecule has 1 atom stereocenters. The third kappa shape index (κ3) is 4.71. The van der Waals surface area contributed by atoms with Gasteiger partial charge in [-0.2, -0.15) is 0 Å². The number of nitrogens with one attached hydrogen (secondary N) is 2. The lowest BCUT2D eigenvalue weighted by Crippen LogP contribution is -2.66. The molecule has 2 aromatic rings. The number of hydrogen-bond donors (Lipinski definition) is 2. The number of carbonyl (C=O) groups excluding carboxylic acids is 1. The van der Waals surface area contributed by atoms with Gasteiger partial charge in [-0.3, -0.25) is 0 Å². The van der Waals surface area contributed by atoms with Crippen molar-refractivity contribution in [1.29, 1.82) is 0 Å². The van der Waals surface area contributed by atoms with Crippen molar-refractivity contribution in [2.45, 2.75) is 19.6 Å². The quantitative estimate of drug-likeness (QED) is 0.609. The number of likely N-dealkylation sites (tertiary alicyclic amines) is 1. The highest BCUT2D eigenvalue weighted by atomic mass is 16.7. The fourth-order valence-corrected chi connectivity index (χ4v) is 4.20. The Hall–Kier alpha value is -2.29. The lowest BCUT2D eigenvalue weighted by molar-refractivity contribution is -0.188. The van der Waals surface area contributed by atoms with Gasteiger partial charge in [0.2, 0.25) is 6.29 Å². The molecule has 2 N–H and O–H groups in total. The Balaban J connectivity index is 1.25. The molecule has 8 heteroatoms. The number of aromatic nitrogens is 1. The minimum Gasteiger partial charge on any atom is -0.454 e. The average molecular weight is 417 g/mol. The van der Waals surface area contributed by atoms with E-state index in [4.69, 9.17) is 14.2 Å². The van der Waals surface area contributed by atoms with Gasteiger partial charge >= 0.3 is 6.09 Å². The standard InChI is InChI=1S/C22H32N4O4/c1-16(30-21(27)23-8-10-26-12-22(13-26)14-28-15-22)29-19-6-4-5-18-20(19)17(11-24-18)7-9-25(2)3/h4-6,11,16,24H,7-10,12-15H2,1-3H3,(H,23,27). The van der Waals surface area contributed by atoms with E-state index >= 15 is 0 Å². The molecule has 0 bridgehead atoms. The van der Waals surface area contributed by atoms with Crippen LogP contribution in [0.2, 0.25) is 0 Å². The summed E-state index contributed by atoms with van der Waals surface area (Å²) in [6, 6.07) is 5.87. The summed E-state index contributed by atoms with van der Waals surface area (Å²) in [6.45, 7) is 7.92. The predicted molar refractivity (Wildman–Crippen MR) is 115 cm³/mol. The molecule has 2 aliphatic heterocycles. The van der Waals surface area contributed by atoms with Crippen molar-refractivity contribution in [2.24, 2.45) is 5.41 Å². The zero-order valence-corrected chi connectivity index (χ0v) is 18.1. The lowest BCUT2D eigenvalue weighted by Gasteiger charge is -2.55. The highest BCUT2D eigenvalue weighted by Crippen LogP contribution is 2.37. The molecule has 30 heavy (non-hydrogen) atoms. The molecule has 1 amide bonds. The maximum absolute atomic E-state index is 12.1. The number of alkyl carbamates (subject to hydrolysis) is 1. The number of benzene rings is 1. The molecule has 0 radical (unpaired) electrons. The SMILES string of the molecule is CC(OC(=O)NCCN1CC2(COC2)C1)Oc1cccc2[nH]cc(CCN(C)C)c12. The number of fused-ring (bicyclic) bond motifs is 1. The number of likely N-dealkylation sites (N-methyl/N-ethyl adjacent to an activating group) is 1. The van der Waals surface area contributed by atoms with Crippen molar-refractivity contribution in [2.75, 3.05) is 60.0 Å². The normalized spacial score (nSPS) is 18.8. The van der Waals surface area contributed by atoms with Crippen LogP contribution in [-0.4, -0.2) is 87.2 Å². The molecule has 2 aliphatic rings. The lowest BCUT2D eigenvalue weighted by atomic mass is 9.78. The molecule has 3 heterocycles. The van der Waals surface area contributed by atoms with Crippen LogP contribution in [0.3, 0.4) is 0 Å². The number of carbonyl (C=O) groups is 1. The average Bonchev–Trinajstić information content (AvgIpc) is 3.04. The summed E-state index contributed by atoms with van der Waals surface area (Å²) in [6.07, 6.45) is 1.78. The highest BCUT2D eigenvalue weighted by Gasteiger charge is 2.48. The topological polar surface area (TPSA) is 79.1 Å². The third-order valence-electron chi connectivity index (χ3n) is 5.78. The van der Waals surface area contributed by atoms with E-state index in [1.807, 2.05) is 24.4 Å². The Morgan fingerprint density at radius 2 is 2.17 bits per heavy atom. The molecule has 164 valence electrons. The number of hydrogen-bond acceptors (Lipinski definition) is 6. The van der Waals surface area contributed by atoms with Gasteiger partial charge < -0.3 is 34.3 Å². The minimum absolute atomic E-state index is 0.396. The zero-order valence-electron chi connectivity index (χ0n) is 18.1. The van der Waals surface area contributed by atoms with Crippen LogP contribution in [-0.2, 0) is 15.9 Å². The van der Waals surface area contributed by atoms with Gasteiger partial charge in [-0.1, -0.05) is 6.07 Å². The molecule has 2 saturated heterocycles. The van der Waals surface area contributed by atoms with Crippen LogP contribution in [0.4, 0.5) is 4.79 Å². The van der Waals surface area contributed by atoms with E-state index in [0.717, 1.165) is 62.5 Å². The van der Waals surface area contributed by atoms with Crippen molar-refractivity contribution in [1.82, 2.24) is 20.1 Å². The Kier molecular flexibility index (Phi) is 6.17. The number of nitrogens with zero attached hydrogens (tertiary/aromatic N) is 2. The first-order valence-electron chi connectivity index (χ1n) is 10.6. The van der Waals surface area contributed by atoms with E-state index in [2.05, 4.69) is 34.2 Å². The first-order chi connectivity index (χ1) is 14.4. The Labute approximate surface area is 177 Å². The first-order valence-corrected chi connectivity index (χ1v) is 10.6. The smallest absolute Gasteiger partial charge is 0.410 e. The van der Waals surface area contributed by atoms with E-state index in [0.29, 0.717) is 12.0 Å². The van der Waals surface area contributed by atoms with Gasteiger partial charge in [0, 0.05) is 62.2 Å². The largest absolute Gasteiger partial charge is 0.454 e. The van der Waals surface area contributed by atoms with Crippen LogP contribution >= 0.6 is 0 Å². The Morgan fingerprint density at radius 1 is 1.37 bits per heavy atom. The maximum Gasteiger partial charge on any atom is 0.410 e. The molecule has 2 fully saturated rings. The summed E-state index contributed by atoms with van der Waals surface area (Å²) in [5.41, 5.74) is 2.60. The summed E-state index contributed by atoms with van der Waals surface area (Å²) in [7, 11) is 4.12. The van der Waals surface area contributed by atoms with Gasteiger partial charge in [-0.25, -0.2) is 4.79 Å². The van der Waals surface area contributed by atoms with Crippen molar-refractivity contribution < 1.29 is 19.0 Å². The number of rotatable bonds is 9. The van der Waals surface area contributed by atoms with E-state index in [9.17, 15) is 4.79 Å². The molecule has 1 aromatic heterocycles. The Morgan fingerprint density at radius 3 is 2.87 bits per heavy atom. The molecule has 1 aromatic carbocycles. The predicted octanol–water partition coefficient (Wildman–Crippen LogP) is 2.06. The zero-order chi connectivity index (χ0) is 21.1. The monoisotopic (exact) mass is 416 g/mol. The van der Waals surface area contributed by atoms with Crippen LogP contribution in [0.1, 0.15) is 12.5 Å². The van der Waals surface area contributed by atoms with Gasteiger partial charge in [0.15, 0.2) is 0 Å². The van der Waals surface area contributed by atoms with Gasteiger partial charge in [-0.05, 0) is 38.2 Å². The van der Waals surface area contributed by atoms with Crippen LogP contribution < -0.4 is 10.1 Å². The van der Waals surface area contributed by atoms with E-state index in [1.165, 1.54) is 5.56 Å². The summed E-state index contributed by atoms with van der Waals surface area (Å²) < 4.78 is 16.6. The molecule has 0 saturated carbocycles. The van der Waals surface area contributed by atoms with Crippen molar-refractivity contribution >= 4 is 17.0 Å². The van der Waals surface area contributed by atoms with Crippen LogP contribution in [0, 0.1) is 5.41 Å². The molecule has 0 aliphatic carbocycles. The highest BCUT2D eigenvalue weighted by molar-refractivity contribution is 5.89. The second kappa shape index (κ2) is 8.83. The second-order valence-corrected chi connectivity index (χ2v) is 8.77. The first kappa shape index (κ1) is 21.0. The second-order valence-electron chi connectivity index (χ2n) is 8.77. The van der Waals surface area contributed by atoms with Gasteiger partial charge in [0.05, 0.1) is 13.2 Å². The third-order valence-corrected chi connectivity index (χ3v) is 5.78. The van der Waals surface area contributed by atoms with Crippen molar-refractivity contribution in [3.63, 3.8) is 0 Å². The number of H-pyrrole nitrogens is 1. The minimum atomic E-state index is -0.688. The molecule has 1 spiro atoms. The van der Waals surface area contributed by atoms with Crippen LogP contribution in [0.5, 0.6) is 5.75 Å². The van der Waals surface area contributed by atoms with Crippen LogP contribution in [0.25, 0.3) is 10.9 Å². The molecule has 8 nitrogen and oxygen atoms in total. The van der Waals surface area contributed by atoms with E-state index in [-0.39, 0.29) is 0 Å². The summed E-state index contributed by atoms with van der Waals surface area (Å²) in [5.74, 6) is 0.719. The van der Waals surface area contributed by atoms with Crippen molar-refractivity contribution in [3.05, 3.63) is 30.0 Å². The number of ether oxygens (including phenoxy) is 3. The molecular weight excluding hydrogens is 384 g/mol. The number of amides is 1. The molecule has 4 rings (SSSR count). The Bertz CT molecular complexity index is 869. The van der Waals surface area contributed by atoms with Gasteiger partial charge in [0.1, 0.15) is 5.75 Å². The van der Waals surface area contributed by atoms with Crippen LogP contribution in [0.15, 0.2) is 24.4 Å². The summed E-state index contributed by atoms with van der Waals surface area (Å²) in [5, 5.41) is 3.86. The molecular formula is C22H32N4O4. The van der Waals surface area contributed by atoms with E-state index < -0.39 is 12.4 Å². The summed E-state index contributed by atoms with van der Waals surface area (Å²) >= 11 is 0. The van der Waals surface area contributed by atoms with Gasteiger partial charge in [-0.15, -0.1) is 0 Å². The molecule has 1 unspecified atom stereocenters. The number of aromatic amines is 1. The fourth-order valence-electron chi connectivity index (χ4n) is 4.20. The summed E-state index contributed by atoms with van der Waals surface area (Å²) in [4.78, 5) is 19.9. The van der Waals surface area contributed by atoms with Gasteiger partial charge in [0.25, 0.3) is 0 Å².